The number of amides is 1. The van der Waals surface area contributed by atoms with Crippen LogP contribution in [0.4, 0.5) is 0 Å². The number of carbonyl (C=O) groups excluding carboxylic acids is 1. The average molecular weight is 857 g/mol. The van der Waals surface area contributed by atoms with Gasteiger partial charge in [-0.15, -0.1) is 0 Å². The summed E-state index contributed by atoms with van der Waals surface area (Å²) in [6.45, 7) is 4.33. The number of rotatable bonds is 51. The molecular weight excluding hydrogens is 747 g/mol. The zero-order chi connectivity index (χ0) is 44.2. The molecule has 3 N–H and O–H groups in total. The van der Waals surface area contributed by atoms with Crippen LogP contribution in [0.5, 0.6) is 0 Å². The van der Waals surface area contributed by atoms with Crippen LogP contribution in [0.25, 0.3) is 0 Å². The third-order valence-corrected chi connectivity index (χ3v) is 12.9. The summed E-state index contributed by atoms with van der Waals surface area (Å²) in [5, 5.41) is 23.1. The lowest BCUT2D eigenvalue weighted by molar-refractivity contribution is -0.123. The van der Waals surface area contributed by atoms with Gasteiger partial charge in [-0.3, -0.25) is 4.79 Å². The number of unbranched alkanes of at least 4 members (excludes halogenated alkanes) is 40. The molecule has 0 heterocycles. The molecule has 0 rings (SSSR count). The largest absolute Gasteiger partial charge is 0.394 e. The van der Waals surface area contributed by atoms with E-state index in [2.05, 4.69) is 43.5 Å². The van der Waals surface area contributed by atoms with Crippen molar-refractivity contribution < 1.29 is 15.0 Å². The Bertz CT molecular complexity index is 928. The second kappa shape index (κ2) is 53.0. The van der Waals surface area contributed by atoms with Crippen LogP contribution in [0.2, 0.25) is 0 Å². The first-order valence-corrected chi connectivity index (χ1v) is 27.7. The summed E-state index contributed by atoms with van der Waals surface area (Å²) in [6, 6.07) is -0.621. The molecule has 0 aliphatic rings. The van der Waals surface area contributed by atoms with Gasteiger partial charge < -0.3 is 15.5 Å². The first-order chi connectivity index (χ1) is 30.2. The quantitative estimate of drug-likeness (QED) is 0.0422. The zero-order valence-electron chi connectivity index (χ0n) is 41.4. The number of carbonyl (C=O) groups is 1. The fourth-order valence-corrected chi connectivity index (χ4v) is 8.62. The van der Waals surface area contributed by atoms with Gasteiger partial charge in [0.15, 0.2) is 0 Å². The Morgan fingerprint density at radius 2 is 0.672 bits per heavy atom. The Morgan fingerprint density at radius 1 is 0.393 bits per heavy atom. The minimum absolute atomic E-state index is 0.0601. The molecule has 0 aliphatic carbocycles. The molecular formula is C57H109NO3. The number of aliphatic hydroxyl groups excluding tert-OH is 2. The summed E-state index contributed by atoms with van der Waals surface area (Å²) < 4.78 is 0. The van der Waals surface area contributed by atoms with Crippen LogP contribution < -0.4 is 5.32 Å². The average Bonchev–Trinajstić information content (AvgIpc) is 3.26. The molecule has 1 amide bonds. The van der Waals surface area contributed by atoms with E-state index in [1.54, 1.807) is 6.08 Å². The number of hydrogen-bond donors (Lipinski definition) is 3. The van der Waals surface area contributed by atoms with Crippen LogP contribution in [-0.2, 0) is 4.79 Å². The second-order valence-corrected chi connectivity index (χ2v) is 19.0. The maximum absolute atomic E-state index is 12.4. The number of nitrogens with one attached hydrogen (secondary N) is 1. The maximum Gasteiger partial charge on any atom is 0.220 e. The molecule has 4 nitrogen and oxygen atoms in total. The highest BCUT2D eigenvalue weighted by Gasteiger charge is 2.18. The molecule has 0 spiro atoms. The van der Waals surface area contributed by atoms with Crippen molar-refractivity contribution >= 4 is 5.91 Å². The molecule has 0 saturated heterocycles. The van der Waals surface area contributed by atoms with Crippen molar-refractivity contribution in [2.75, 3.05) is 6.61 Å². The van der Waals surface area contributed by atoms with Crippen molar-refractivity contribution in [2.24, 2.45) is 0 Å². The monoisotopic (exact) mass is 856 g/mol. The van der Waals surface area contributed by atoms with Crippen molar-refractivity contribution in [1.82, 2.24) is 5.32 Å². The maximum atomic E-state index is 12.4. The molecule has 4 heteroatoms. The van der Waals surface area contributed by atoms with Crippen LogP contribution in [0, 0.1) is 0 Å². The summed E-state index contributed by atoms with van der Waals surface area (Å²) in [7, 11) is 0. The SMILES string of the molecule is CCCCCCCCCCC/C=C\C/C=C\CCCCCCCCCCCCCCCCCCCC(=O)NC(CO)C(O)/C=C/CCCCCCCCCCCCCCCC. The van der Waals surface area contributed by atoms with Crippen LogP contribution in [0.1, 0.15) is 303 Å². The van der Waals surface area contributed by atoms with Gasteiger partial charge in [0.05, 0.1) is 18.8 Å². The topological polar surface area (TPSA) is 69.6 Å². The first-order valence-electron chi connectivity index (χ1n) is 27.7. The Morgan fingerprint density at radius 3 is 0.984 bits per heavy atom. The minimum Gasteiger partial charge on any atom is -0.394 e. The molecule has 61 heavy (non-hydrogen) atoms. The Labute approximate surface area is 382 Å². The van der Waals surface area contributed by atoms with E-state index in [9.17, 15) is 15.0 Å². The van der Waals surface area contributed by atoms with Crippen molar-refractivity contribution in [3.8, 4) is 0 Å². The van der Waals surface area contributed by atoms with Gasteiger partial charge in [0.25, 0.3) is 0 Å². The summed E-state index contributed by atoms with van der Waals surface area (Å²) in [5.41, 5.74) is 0. The van der Waals surface area contributed by atoms with E-state index in [0.29, 0.717) is 6.42 Å². The lowest BCUT2D eigenvalue weighted by atomic mass is 10.0. The smallest absolute Gasteiger partial charge is 0.220 e. The molecule has 0 radical (unpaired) electrons. The van der Waals surface area contributed by atoms with Crippen LogP contribution in [-0.4, -0.2) is 34.9 Å². The van der Waals surface area contributed by atoms with Gasteiger partial charge in [0, 0.05) is 6.42 Å². The van der Waals surface area contributed by atoms with E-state index in [4.69, 9.17) is 0 Å². The molecule has 0 aromatic heterocycles. The van der Waals surface area contributed by atoms with Gasteiger partial charge in [0.2, 0.25) is 5.91 Å². The molecule has 360 valence electrons. The second-order valence-electron chi connectivity index (χ2n) is 19.0. The van der Waals surface area contributed by atoms with E-state index in [1.807, 2.05) is 6.08 Å². The highest BCUT2D eigenvalue weighted by molar-refractivity contribution is 5.76. The third kappa shape index (κ3) is 49.5. The zero-order valence-corrected chi connectivity index (χ0v) is 41.4. The third-order valence-electron chi connectivity index (χ3n) is 12.9. The molecule has 0 aliphatic heterocycles. The molecule has 0 aromatic carbocycles. The molecule has 2 atom stereocenters. The van der Waals surface area contributed by atoms with E-state index in [1.165, 1.54) is 250 Å². The summed E-state index contributed by atoms with van der Waals surface area (Å²) in [4.78, 5) is 12.4. The fraction of sp³-hybridized carbons (Fsp3) is 0.877. The van der Waals surface area contributed by atoms with Gasteiger partial charge in [-0.25, -0.2) is 0 Å². The van der Waals surface area contributed by atoms with Crippen LogP contribution in [0.15, 0.2) is 36.5 Å². The number of allylic oxidation sites excluding steroid dienone is 5. The van der Waals surface area contributed by atoms with E-state index in [-0.39, 0.29) is 12.5 Å². The lowest BCUT2D eigenvalue weighted by Crippen LogP contribution is -2.45. The van der Waals surface area contributed by atoms with Gasteiger partial charge in [-0.1, -0.05) is 281 Å². The summed E-state index contributed by atoms with van der Waals surface area (Å²) in [5.74, 6) is -0.0601. The number of aliphatic hydroxyl groups is 2. The van der Waals surface area contributed by atoms with Crippen molar-refractivity contribution in [1.29, 1.82) is 0 Å². The Hall–Kier alpha value is -1.39. The van der Waals surface area contributed by atoms with Crippen molar-refractivity contribution in [3.63, 3.8) is 0 Å². The van der Waals surface area contributed by atoms with E-state index >= 15 is 0 Å². The molecule has 0 fully saturated rings. The molecule has 0 aromatic rings. The normalized spacial score (nSPS) is 13.0. The predicted molar refractivity (Wildman–Crippen MR) is 272 cm³/mol. The van der Waals surface area contributed by atoms with Gasteiger partial charge >= 0.3 is 0 Å². The van der Waals surface area contributed by atoms with E-state index in [0.717, 1.165) is 32.1 Å². The van der Waals surface area contributed by atoms with Gasteiger partial charge in [0.1, 0.15) is 0 Å². The van der Waals surface area contributed by atoms with Gasteiger partial charge in [-0.2, -0.15) is 0 Å². The summed E-state index contributed by atoms with van der Waals surface area (Å²) >= 11 is 0. The standard InChI is InChI=1S/C57H109NO3/c1-3-5-7-9-11-13-15-17-19-21-22-23-24-25-26-27-28-29-30-31-32-33-34-35-36-37-39-41-43-45-47-49-51-53-57(61)58-55(54-59)56(60)52-50-48-46-44-42-40-38-20-18-16-14-12-10-8-6-4-2/h22-23,25-26,50,52,55-56,59-60H,3-21,24,27-49,51,53-54H2,1-2H3,(H,58,61)/b23-22-,26-25-,52-50+. The van der Waals surface area contributed by atoms with Crippen molar-refractivity contribution in [2.45, 2.75) is 315 Å². The van der Waals surface area contributed by atoms with Crippen LogP contribution in [0.3, 0.4) is 0 Å². The van der Waals surface area contributed by atoms with E-state index < -0.39 is 12.1 Å². The predicted octanol–water partition coefficient (Wildman–Crippen LogP) is 18.1. The Balaban J connectivity index is 3.45. The van der Waals surface area contributed by atoms with Crippen molar-refractivity contribution in [3.05, 3.63) is 36.5 Å². The van der Waals surface area contributed by atoms with Gasteiger partial charge in [-0.05, 0) is 51.4 Å². The molecule has 2 unspecified atom stereocenters. The molecule has 0 bridgehead atoms. The molecule has 0 saturated carbocycles. The minimum atomic E-state index is -0.838. The van der Waals surface area contributed by atoms with Crippen LogP contribution >= 0.6 is 0 Å². The Kier molecular flexibility index (Phi) is 51.7. The lowest BCUT2D eigenvalue weighted by Gasteiger charge is -2.20. The fourth-order valence-electron chi connectivity index (χ4n) is 8.62. The summed E-state index contributed by atoms with van der Waals surface area (Å²) in [6.07, 6.45) is 71.6. The highest BCUT2D eigenvalue weighted by Crippen LogP contribution is 2.17. The first kappa shape index (κ1) is 59.6. The highest BCUT2D eigenvalue weighted by atomic mass is 16.3. The number of hydrogen-bond acceptors (Lipinski definition) is 3.